The third-order valence-electron chi connectivity index (χ3n) is 5.49. The third-order valence-corrected chi connectivity index (χ3v) is 5.49. The van der Waals surface area contributed by atoms with Crippen LogP contribution in [0, 0.1) is 6.92 Å². The average molecular weight is 519 g/mol. The van der Waals surface area contributed by atoms with Crippen molar-refractivity contribution in [3.63, 3.8) is 0 Å². The second-order valence-electron chi connectivity index (χ2n) is 7.49. The molecule has 2 aliphatic rings. The molecular weight excluding hydrogens is 485 g/mol. The van der Waals surface area contributed by atoms with Gasteiger partial charge in [0.25, 0.3) is 0 Å². The maximum absolute atomic E-state index is 6.18. The van der Waals surface area contributed by atoms with E-state index >= 15 is 0 Å². The monoisotopic (exact) mass is 519 g/mol. The first kappa shape index (κ1) is 24.2. The maximum Gasteiger partial charge on any atom is 0.191 e. The number of nitrogens with zero attached hydrogens (tertiary/aromatic N) is 1. The molecule has 3 rings (SSSR count). The van der Waals surface area contributed by atoms with Crippen LogP contribution >= 0.6 is 24.0 Å². The Hall–Kier alpha value is -1.10. The van der Waals surface area contributed by atoms with Crippen LogP contribution in [0.15, 0.2) is 23.2 Å². The molecule has 0 radical (unpaired) electrons. The van der Waals surface area contributed by atoms with Gasteiger partial charge >= 0.3 is 0 Å². The molecule has 0 saturated carbocycles. The molecule has 0 spiro atoms. The fourth-order valence-corrected chi connectivity index (χ4v) is 3.54. The number of ether oxygens (including phenoxy) is 4. The number of halogens is 1. The molecule has 0 bridgehead atoms. The summed E-state index contributed by atoms with van der Waals surface area (Å²) in [5.41, 5.74) is 2.09. The van der Waals surface area contributed by atoms with Gasteiger partial charge in [-0.3, -0.25) is 4.99 Å². The normalized spacial score (nSPS) is 21.3. The van der Waals surface area contributed by atoms with Crippen LogP contribution in [-0.4, -0.2) is 64.8 Å². The van der Waals surface area contributed by atoms with Gasteiger partial charge in [-0.2, -0.15) is 0 Å². The second-order valence-corrected chi connectivity index (χ2v) is 7.49. The smallest absolute Gasteiger partial charge is 0.191 e. The highest BCUT2D eigenvalue weighted by Crippen LogP contribution is 2.25. The lowest BCUT2D eigenvalue weighted by molar-refractivity contribution is -0.0855. The van der Waals surface area contributed by atoms with E-state index in [1.807, 2.05) is 0 Å². The Bertz CT molecular complexity index is 659. The van der Waals surface area contributed by atoms with E-state index in [0.29, 0.717) is 19.7 Å². The van der Waals surface area contributed by atoms with Crippen LogP contribution in [0.4, 0.5) is 0 Å². The van der Waals surface area contributed by atoms with Gasteiger partial charge in [0, 0.05) is 65.3 Å². The number of benzene rings is 1. The van der Waals surface area contributed by atoms with Crippen molar-refractivity contribution in [2.24, 2.45) is 4.99 Å². The predicted molar refractivity (Wildman–Crippen MR) is 124 cm³/mol. The molecular formula is C21H34IN3O4. The van der Waals surface area contributed by atoms with E-state index in [0.717, 1.165) is 56.4 Å². The number of methoxy groups -OCH3 is 1. The van der Waals surface area contributed by atoms with Crippen LogP contribution in [0.1, 0.15) is 30.4 Å². The number of aryl methyl sites for hydroxylation is 1. The van der Waals surface area contributed by atoms with Crippen molar-refractivity contribution in [3.05, 3.63) is 29.3 Å². The Balaban J connectivity index is 0.00000300. The molecule has 2 heterocycles. The second kappa shape index (κ2) is 11.9. The fraction of sp³-hybridized carbons (Fsp3) is 0.667. The molecule has 2 saturated heterocycles. The molecule has 1 aromatic rings. The van der Waals surface area contributed by atoms with Gasteiger partial charge in [0.15, 0.2) is 5.96 Å². The van der Waals surface area contributed by atoms with Crippen molar-refractivity contribution in [2.75, 3.05) is 47.1 Å². The van der Waals surface area contributed by atoms with Crippen LogP contribution in [-0.2, 0) is 20.8 Å². The van der Waals surface area contributed by atoms with Gasteiger partial charge in [-0.15, -0.1) is 24.0 Å². The molecule has 2 N–H and O–H groups in total. The van der Waals surface area contributed by atoms with E-state index in [9.17, 15) is 0 Å². The van der Waals surface area contributed by atoms with Gasteiger partial charge in [-0.25, -0.2) is 0 Å². The van der Waals surface area contributed by atoms with Crippen molar-refractivity contribution in [1.29, 1.82) is 0 Å². The third kappa shape index (κ3) is 6.97. The van der Waals surface area contributed by atoms with Crippen LogP contribution in [0.25, 0.3) is 0 Å². The highest BCUT2D eigenvalue weighted by atomic mass is 127. The maximum atomic E-state index is 6.18. The van der Waals surface area contributed by atoms with Crippen LogP contribution in [0.2, 0.25) is 0 Å². The fourth-order valence-electron chi connectivity index (χ4n) is 3.54. The van der Waals surface area contributed by atoms with Crippen LogP contribution in [0.3, 0.4) is 0 Å². The quantitative estimate of drug-likeness (QED) is 0.328. The van der Waals surface area contributed by atoms with Gasteiger partial charge in [0.2, 0.25) is 0 Å². The first-order valence-corrected chi connectivity index (χ1v) is 10.1. The molecule has 2 fully saturated rings. The van der Waals surface area contributed by atoms with Crippen molar-refractivity contribution in [1.82, 2.24) is 10.6 Å². The predicted octanol–water partition coefficient (Wildman–Crippen LogP) is 2.64. The lowest BCUT2D eigenvalue weighted by Gasteiger charge is -2.36. The first-order valence-electron chi connectivity index (χ1n) is 10.1. The van der Waals surface area contributed by atoms with E-state index < -0.39 is 0 Å². The average Bonchev–Trinajstić information content (AvgIpc) is 3.23. The molecule has 0 aromatic heterocycles. The molecule has 7 nitrogen and oxygen atoms in total. The molecule has 1 unspecified atom stereocenters. The van der Waals surface area contributed by atoms with E-state index in [1.165, 1.54) is 5.56 Å². The highest BCUT2D eigenvalue weighted by molar-refractivity contribution is 14.0. The Kier molecular flexibility index (Phi) is 9.94. The van der Waals surface area contributed by atoms with Crippen molar-refractivity contribution in [2.45, 2.75) is 44.4 Å². The number of nitrogens with one attached hydrogen (secondary N) is 2. The summed E-state index contributed by atoms with van der Waals surface area (Å²) < 4.78 is 22.9. The highest BCUT2D eigenvalue weighted by Gasteiger charge is 2.32. The summed E-state index contributed by atoms with van der Waals surface area (Å²) in [7, 11) is 3.55. The number of guanidine groups is 1. The SMILES string of the molecule is CN=C(NCc1ccc(C)cc1OC1CCOC1)NCC1(OC)CCOCC1.I. The van der Waals surface area contributed by atoms with Gasteiger partial charge in [-0.1, -0.05) is 12.1 Å². The van der Waals surface area contributed by atoms with E-state index in [1.54, 1.807) is 14.2 Å². The van der Waals surface area contributed by atoms with Crippen molar-refractivity contribution in [3.8, 4) is 5.75 Å². The Labute approximate surface area is 190 Å². The Morgan fingerprint density at radius 3 is 2.66 bits per heavy atom. The molecule has 1 atom stereocenters. The number of aliphatic imine (C=N–C) groups is 1. The zero-order chi connectivity index (χ0) is 19.8. The molecule has 8 heteroatoms. The largest absolute Gasteiger partial charge is 0.488 e. The topological polar surface area (TPSA) is 73.3 Å². The molecule has 0 amide bonds. The number of hydrogen-bond donors (Lipinski definition) is 2. The van der Waals surface area contributed by atoms with Crippen LogP contribution in [0.5, 0.6) is 5.75 Å². The lowest BCUT2D eigenvalue weighted by Crippen LogP contribution is -2.50. The molecule has 2 aliphatic heterocycles. The summed E-state index contributed by atoms with van der Waals surface area (Å²) in [5.74, 6) is 1.66. The van der Waals surface area contributed by atoms with Gasteiger partial charge in [0.05, 0.1) is 18.8 Å². The Morgan fingerprint density at radius 2 is 2.00 bits per heavy atom. The Morgan fingerprint density at radius 1 is 1.21 bits per heavy atom. The molecule has 29 heavy (non-hydrogen) atoms. The summed E-state index contributed by atoms with van der Waals surface area (Å²) in [5, 5.41) is 6.79. The molecule has 164 valence electrons. The summed E-state index contributed by atoms with van der Waals surface area (Å²) in [6.07, 6.45) is 2.83. The summed E-state index contributed by atoms with van der Waals surface area (Å²) in [4.78, 5) is 4.35. The minimum absolute atomic E-state index is 0. The number of hydrogen-bond acceptors (Lipinski definition) is 5. The van der Waals surface area contributed by atoms with Gasteiger partial charge in [0.1, 0.15) is 11.9 Å². The van der Waals surface area contributed by atoms with Crippen molar-refractivity contribution >= 4 is 29.9 Å². The first-order chi connectivity index (χ1) is 13.6. The summed E-state index contributed by atoms with van der Waals surface area (Å²) in [6, 6.07) is 6.30. The molecule has 0 aliphatic carbocycles. The zero-order valence-corrected chi connectivity index (χ0v) is 20.0. The van der Waals surface area contributed by atoms with E-state index in [2.05, 4.69) is 40.7 Å². The molecule has 1 aromatic carbocycles. The van der Waals surface area contributed by atoms with Gasteiger partial charge < -0.3 is 29.6 Å². The van der Waals surface area contributed by atoms with E-state index in [4.69, 9.17) is 18.9 Å². The standard InChI is InChI=1S/C21H33N3O4.HI/c1-16-4-5-17(19(12-16)28-18-6-9-27-14-18)13-23-20(22-2)24-15-21(25-3)7-10-26-11-8-21;/h4-5,12,18H,6-11,13-15H2,1-3H3,(H2,22,23,24);1H. The van der Waals surface area contributed by atoms with Crippen molar-refractivity contribution < 1.29 is 18.9 Å². The van der Waals surface area contributed by atoms with Gasteiger partial charge in [-0.05, 0) is 18.6 Å². The minimum Gasteiger partial charge on any atom is -0.488 e. The minimum atomic E-state index is -0.198. The lowest BCUT2D eigenvalue weighted by atomic mass is 9.94. The summed E-state index contributed by atoms with van der Waals surface area (Å²) in [6.45, 7) is 6.30. The van der Waals surface area contributed by atoms with E-state index in [-0.39, 0.29) is 35.7 Å². The van der Waals surface area contributed by atoms with Crippen LogP contribution < -0.4 is 15.4 Å². The number of rotatable bonds is 7. The zero-order valence-electron chi connectivity index (χ0n) is 17.7. The summed E-state index contributed by atoms with van der Waals surface area (Å²) >= 11 is 0.